The van der Waals surface area contributed by atoms with Crippen LogP contribution in [0.2, 0.25) is 0 Å². The van der Waals surface area contributed by atoms with Crippen LogP contribution in [0.25, 0.3) is 16.8 Å². The highest BCUT2D eigenvalue weighted by Gasteiger charge is 2.23. The van der Waals surface area contributed by atoms with E-state index in [1.807, 2.05) is 6.07 Å². The van der Waals surface area contributed by atoms with Crippen molar-refractivity contribution in [2.75, 3.05) is 31.2 Å². The van der Waals surface area contributed by atoms with E-state index in [9.17, 15) is 20.9 Å². The number of nitriles is 3. The minimum absolute atomic E-state index is 0.00934. The number of benzene rings is 1. The highest BCUT2D eigenvalue weighted by molar-refractivity contribution is 7.17. The monoisotopic (exact) mass is 363 g/mol. The summed E-state index contributed by atoms with van der Waals surface area (Å²) in [6, 6.07) is 12.0. The Morgan fingerprint density at radius 1 is 1.08 bits per heavy atom. The smallest absolute Gasteiger partial charge is 0.186 e. The fourth-order valence-electron chi connectivity index (χ4n) is 2.54. The van der Waals surface area contributed by atoms with Crippen LogP contribution in [0.3, 0.4) is 0 Å². The Morgan fingerprint density at radius 2 is 1.73 bits per heavy atom. The first-order chi connectivity index (χ1) is 12.7. The van der Waals surface area contributed by atoms with Crippen molar-refractivity contribution in [3.63, 3.8) is 0 Å². The second-order valence-electron chi connectivity index (χ2n) is 5.41. The number of aromatic hydroxyl groups is 1. The molecule has 128 valence electrons. The van der Waals surface area contributed by atoms with E-state index in [0.717, 1.165) is 0 Å². The van der Waals surface area contributed by atoms with Crippen LogP contribution in [0.5, 0.6) is 5.75 Å². The molecule has 1 saturated heterocycles. The molecule has 26 heavy (non-hydrogen) atoms. The molecule has 0 atom stereocenters. The Morgan fingerprint density at radius 3 is 2.31 bits per heavy atom. The van der Waals surface area contributed by atoms with Crippen LogP contribution in [0.1, 0.15) is 4.88 Å². The molecule has 1 aliphatic rings. The maximum absolute atomic E-state index is 9.54. The van der Waals surface area contributed by atoms with Crippen LogP contribution < -0.4 is 4.90 Å². The lowest BCUT2D eigenvalue weighted by Crippen LogP contribution is -2.36. The molecule has 0 aliphatic carbocycles. The van der Waals surface area contributed by atoms with Crippen molar-refractivity contribution in [3.05, 3.63) is 34.7 Å². The summed E-state index contributed by atoms with van der Waals surface area (Å²) in [5.41, 5.74) is 0.965. The van der Waals surface area contributed by atoms with Gasteiger partial charge in [-0.1, -0.05) is 11.3 Å². The fourth-order valence-corrected chi connectivity index (χ4v) is 3.68. The molecule has 1 aromatic carbocycles. The van der Waals surface area contributed by atoms with E-state index >= 15 is 0 Å². The first-order valence-electron chi connectivity index (χ1n) is 7.75. The van der Waals surface area contributed by atoms with E-state index in [2.05, 4.69) is 9.88 Å². The van der Waals surface area contributed by atoms with Gasteiger partial charge in [0.05, 0.1) is 23.8 Å². The van der Waals surface area contributed by atoms with Crippen LogP contribution in [0, 0.1) is 34.0 Å². The molecular weight excluding hydrogens is 350 g/mol. The summed E-state index contributed by atoms with van der Waals surface area (Å²) in [7, 11) is 0. The van der Waals surface area contributed by atoms with E-state index in [-0.39, 0.29) is 16.9 Å². The molecule has 0 spiro atoms. The topological polar surface area (TPSA) is 117 Å². The summed E-state index contributed by atoms with van der Waals surface area (Å²) in [5, 5.41) is 38.1. The van der Waals surface area contributed by atoms with Crippen molar-refractivity contribution in [2.24, 2.45) is 0 Å². The predicted octanol–water partition coefficient (Wildman–Crippen LogP) is 2.68. The molecule has 1 fully saturated rings. The van der Waals surface area contributed by atoms with Crippen molar-refractivity contribution in [3.8, 4) is 35.2 Å². The largest absolute Gasteiger partial charge is 0.508 e. The molecule has 8 heteroatoms. The Bertz CT molecular complexity index is 951. The maximum atomic E-state index is 9.54. The van der Waals surface area contributed by atoms with Crippen LogP contribution in [-0.2, 0) is 4.74 Å². The lowest BCUT2D eigenvalue weighted by Gasteiger charge is -2.26. The summed E-state index contributed by atoms with van der Waals surface area (Å²) in [4.78, 5) is 7.18. The Kier molecular flexibility index (Phi) is 5.15. The van der Waals surface area contributed by atoms with Crippen molar-refractivity contribution in [1.29, 1.82) is 15.8 Å². The predicted molar refractivity (Wildman–Crippen MR) is 96.0 cm³/mol. The van der Waals surface area contributed by atoms with E-state index in [4.69, 9.17) is 4.74 Å². The SMILES string of the molecule is N#CC(C#N)=C(C#N)c1sc(N2CCOCC2)nc1-c1ccc(O)cc1. The summed E-state index contributed by atoms with van der Waals surface area (Å²) in [6.45, 7) is 2.53. The van der Waals surface area contributed by atoms with Gasteiger partial charge >= 0.3 is 0 Å². The Balaban J connectivity index is 2.18. The number of allylic oxidation sites excluding steroid dienone is 2. The molecule has 1 N–H and O–H groups in total. The van der Waals surface area contributed by atoms with Gasteiger partial charge in [0.15, 0.2) is 5.13 Å². The molecule has 3 rings (SSSR count). The van der Waals surface area contributed by atoms with Gasteiger partial charge in [-0.15, -0.1) is 0 Å². The molecule has 0 saturated carbocycles. The number of rotatable bonds is 3. The Hall–Kier alpha value is -3.38. The Labute approximate surface area is 154 Å². The number of ether oxygens (including phenoxy) is 1. The highest BCUT2D eigenvalue weighted by atomic mass is 32.1. The van der Waals surface area contributed by atoms with Gasteiger partial charge in [-0.25, -0.2) is 4.98 Å². The lowest BCUT2D eigenvalue weighted by atomic mass is 10.0. The fraction of sp³-hybridized carbons (Fsp3) is 0.222. The quantitative estimate of drug-likeness (QED) is 0.833. The number of phenolic OH excluding ortho intramolecular Hbond substituents is 1. The molecule has 0 bridgehead atoms. The van der Waals surface area contributed by atoms with E-state index in [0.29, 0.717) is 47.6 Å². The zero-order chi connectivity index (χ0) is 18.5. The van der Waals surface area contributed by atoms with E-state index in [1.165, 1.54) is 23.5 Å². The number of hydrogen-bond donors (Lipinski definition) is 1. The van der Waals surface area contributed by atoms with Crippen LogP contribution in [0.4, 0.5) is 5.13 Å². The van der Waals surface area contributed by atoms with Gasteiger partial charge in [0.1, 0.15) is 35.1 Å². The normalized spacial score (nSPS) is 13.3. The second kappa shape index (κ2) is 7.67. The van der Waals surface area contributed by atoms with Gasteiger partial charge in [-0.2, -0.15) is 15.8 Å². The summed E-state index contributed by atoms with van der Waals surface area (Å²) < 4.78 is 5.36. The summed E-state index contributed by atoms with van der Waals surface area (Å²) in [6.07, 6.45) is 0. The minimum atomic E-state index is -0.246. The van der Waals surface area contributed by atoms with Crippen molar-refractivity contribution >= 4 is 22.0 Å². The van der Waals surface area contributed by atoms with E-state index < -0.39 is 0 Å². The average Bonchev–Trinajstić information content (AvgIpc) is 3.12. The van der Waals surface area contributed by atoms with Gasteiger partial charge in [-0.3, -0.25) is 0 Å². The number of phenols is 1. The molecular formula is C18H13N5O2S. The molecule has 0 radical (unpaired) electrons. The molecule has 0 unspecified atom stereocenters. The summed E-state index contributed by atoms with van der Waals surface area (Å²) in [5.74, 6) is 0.115. The third-order valence-electron chi connectivity index (χ3n) is 3.85. The number of anilines is 1. The third kappa shape index (κ3) is 3.36. The van der Waals surface area contributed by atoms with E-state index in [1.54, 1.807) is 24.3 Å². The van der Waals surface area contributed by atoms with Crippen LogP contribution in [0.15, 0.2) is 29.8 Å². The van der Waals surface area contributed by atoms with Crippen molar-refractivity contribution in [1.82, 2.24) is 4.98 Å². The highest BCUT2D eigenvalue weighted by Crippen LogP contribution is 2.39. The number of nitrogens with zero attached hydrogens (tertiary/aromatic N) is 5. The lowest BCUT2D eigenvalue weighted by molar-refractivity contribution is 0.122. The van der Waals surface area contributed by atoms with Gasteiger partial charge < -0.3 is 14.7 Å². The van der Waals surface area contributed by atoms with Gasteiger partial charge in [0, 0.05) is 18.7 Å². The van der Waals surface area contributed by atoms with Crippen LogP contribution >= 0.6 is 11.3 Å². The molecule has 7 nitrogen and oxygen atoms in total. The number of hydrogen-bond acceptors (Lipinski definition) is 8. The standard InChI is InChI=1S/C18H13N5O2S/c19-9-13(10-20)15(11-21)17-16(12-1-3-14(24)4-2-12)22-18(26-17)23-5-7-25-8-6-23/h1-4,24H,5-8H2. The van der Waals surface area contributed by atoms with Gasteiger partial charge in [-0.05, 0) is 24.3 Å². The average molecular weight is 363 g/mol. The molecule has 1 aliphatic heterocycles. The van der Waals surface area contributed by atoms with Crippen molar-refractivity contribution < 1.29 is 9.84 Å². The molecule has 2 heterocycles. The summed E-state index contributed by atoms with van der Waals surface area (Å²) >= 11 is 1.27. The number of morpholine rings is 1. The molecule has 1 aromatic heterocycles. The maximum Gasteiger partial charge on any atom is 0.186 e. The number of aromatic nitrogens is 1. The zero-order valence-corrected chi connectivity index (χ0v) is 14.5. The zero-order valence-electron chi connectivity index (χ0n) is 13.6. The van der Waals surface area contributed by atoms with Crippen molar-refractivity contribution in [2.45, 2.75) is 0 Å². The number of thiazole rings is 1. The van der Waals surface area contributed by atoms with Gasteiger partial charge in [0.25, 0.3) is 0 Å². The van der Waals surface area contributed by atoms with Gasteiger partial charge in [0.2, 0.25) is 0 Å². The van der Waals surface area contributed by atoms with Crippen LogP contribution in [-0.4, -0.2) is 36.4 Å². The molecule has 2 aromatic rings. The third-order valence-corrected chi connectivity index (χ3v) is 4.98. The first-order valence-corrected chi connectivity index (χ1v) is 8.57. The molecule has 0 amide bonds. The minimum Gasteiger partial charge on any atom is -0.508 e. The second-order valence-corrected chi connectivity index (χ2v) is 6.38. The first kappa shape index (κ1) is 17.4.